The van der Waals surface area contributed by atoms with E-state index in [4.69, 9.17) is 21.1 Å². The Labute approximate surface area is 195 Å². The second-order valence-corrected chi connectivity index (χ2v) is 8.78. The molecule has 3 amide bonds. The van der Waals surface area contributed by atoms with E-state index < -0.39 is 17.1 Å². The van der Waals surface area contributed by atoms with Crippen molar-refractivity contribution < 1.29 is 23.9 Å². The smallest absolute Gasteiger partial charge is 0.294 e. The molecule has 1 aliphatic rings. The number of nitrogens with zero attached hydrogens (tertiary/aromatic N) is 1. The number of amides is 3. The molecule has 1 aliphatic heterocycles. The van der Waals surface area contributed by atoms with Crippen LogP contribution >= 0.6 is 23.4 Å². The summed E-state index contributed by atoms with van der Waals surface area (Å²) in [5.74, 6) is -0.190. The van der Waals surface area contributed by atoms with Crippen LogP contribution in [0.15, 0.2) is 41.3 Å². The van der Waals surface area contributed by atoms with Gasteiger partial charge in [-0.05, 0) is 68.4 Å². The van der Waals surface area contributed by atoms with Crippen LogP contribution in [0.1, 0.15) is 25.0 Å². The molecule has 0 aliphatic carbocycles. The highest BCUT2D eigenvalue weighted by molar-refractivity contribution is 8.18. The molecule has 1 fully saturated rings. The zero-order chi connectivity index (χ0) is 23.4. The first kappa shape index (κ1) is 23.7. The van der Waals surface area contributed by atoms with Gasteiger partial charge in [0.1, 0.15) is 6.54 Å². The largest absolute Gasteiger partial charge is 0.493 e. The lowest BCUT2D eigenvalue weighted by atomic mass is 10.1. The van der Waals surface area contributed by atoms with Gasteiger partial charge in [0.25, 0.3) is 11.1 Å². The van der Waals surface area contributed by atoms with Crippen molar-refractivity contribution in [3.05, 3.63) is 57.5 Å². The maximum Gasteiger partial charge on any atom is 0.294 e. The molecule has 9 heteroatoms. The fourth-order valence-corrected chi connectivity index (χ4v) is 4.04. The minimum Gasteiger partial charge on any atom is -0.493 e. The zero-order valence-electron chi connectivity index (χ0n) is 18.1. The molecule has 1 saturated heterocycles. The third kappa shape index (κ3) is 5.63. The lowest BCUT2D eigenvalue weighted by Gasteiger charge is -2.15. The van der Waals surface area contributed by atoms with Crippen molar-refractivity contribution in [3.8, 4) is 11.5 Å². The van der Waals surface area contributed by atoms with Crippen LogP contribution in [0.4, 0.5) is 10.5 Å². The number of aryl methyl sites for hydroxylation is 1. The maximum absolute atomic E-state index is 12.8. The molecule has 0 spiro atoms. The number of methoxy groups -OCH3 is 1. The molecule has 3 rings (SSSR count). The summed E-state index contributed by atoms with van der Waals surface area (Å²) in [5, 5.41) is 2.49. The summed E-state index contributed by atoms with van der Waals surface area (Å²) in [5.41, 5.74) is 2.21. The number of halogens is 1. The lowest BCUT2D eigenvalue weighted by Crippen LogP contribution is -2.36. The van der Waals surface area contributed by atoms with E-state index in [0.717, 1.165) is 22.2 Å². The number of anilines is 1. The van der Waals surface area contributed by atoms with Crippen LogP contribution in [0.2, 0.25) is 5.02 Å². The number of benzene rings is 2. The fraction of sp³-hybridized carbons (Fsp3) is 0.261. The highest BCUT2D eigenvalue weighted by Gasteiger charge is 2.36. The molecular weight excluding hydrogens is 452 g/mol. The molecule has 0 aromatic heterocycles. The SMILES string of the molecule is COc1cc(/C=C2\SC(=O)N(CC(=O)Nc3ccc(C)cc3)C2=O)cc(Cl)c1OC(C)C. The molecule has 32 heavy (non-hydrogen) atoms. The Morgan fingerprint density at radius 2 is 1.91 bits per heavy atom. The summed E-state index contributed by atoms with van der Waals surface area (Å²) in [7, 11) is 1.49. The maximum atomic E-state index is 12.8. The van der Waals surface area contributed by atoms with Gasteiger partial charge in [0.15, 0.2) is 11.5 Å². The average Bonchev–Trinajstić information content (AvgIpc) is 2.98. The summed E-state index contributed by atoms with van der Waals surface area (Å²) in [6.07, 6.45) is 1.44. The molecule has 1 N–H and O–H groups in total. The first-order valence-corrected chi connectivity index (χ1v) is 11.0. The second-order valence-electron chi connectivity index (χ2n) is 7.38. The van der Waals surface area contributed by atoms with E-state index in [2.05, 4.69) is 5.32 Å². The van der Waals surface area contributed by atoms with Crippen molar-refractivity contribution in [1.82, 2.24) is 4.90 Å². The first-order chi connectivity index (χ1) is 15.2. The summed E-state index contributed by atoms with van der Waals surface area (Å²) < 4.78 is 11.0. The predicted octanol–water partition coefficient (Wildman–Crippen LogP) is 5.12. The Morgan fingerprint density at radius 3 is 2.53 bits per heavy atom. The van der Waals surface area contributed by atoms with Gasteiger partial charge in [-0.3, -0.25) is 19.3 Å². The number of hydrogen-bond acceptors (Lipinski definition) is 6. The van der Waals surface area contributed by atoms with E-state index in [1.54, 1.807) is 24.3 Å². The van der Waals surface area contributed by atoms with Gasteiger partial charge in [0.2, 0.25) is 5.91 Å². The third-order valence-electron chi connectivity index (χ3n) is 4.41. The fourth-order valence-electron chi connectivity index (χ4n) is 2.94. The van der Waals surface area contributed by atoms with Gasteiger partial charge in [0, 0.05) is 5.69 Å². The van der Waals surface area contributed by atoms with Gasteiger partial charge < -0.3 is 14.8 Å². The molecule has 7 nitrogen and oxygen atoms in total. The topological polar surface area (TPSA) is 84.9 Å². The van der Waals surface area contributed by atoms with Gasteiger partial charge in [-0.25, -0.2) is 0 Å². The molecule has 1 heterocycles. The Kier molecular flexibility index (Phi) is 7.48. The van der Waals surface area contributed by atoms with Crippen molar-refractivity contribution in [2.24, 2.45) is 0 Å². The van der Waals surface area contributed by atoms with E-state index in [9.17, 15) is 14.4 Å². The monoisotopic (exact) mass is 474 g/mol. The summed E-state index contributed by atoms with van der Waals surface area (Å²) in [4.78, 5) is 38.5. The highest BCUT2D eigenvalue weighted by Crippen LogP contribution is 2.39. The van der Waals surface area contributed by atoms with E-state index in [0.29, 0.717) is 27.8 Å². The number of ether oxygens (including phenoxy) is 2. The summed E-state index contributed by atoms with van der Waals surface area (Å²) in [6.45, 7) is 5.30. The number of hydrogen-bond donors (Lipinski definition) is 1. The number of thioether (sulfide) groups is 1. The van der Waals surface area contributed by atoms with Crippen LogP contribution in [-0.4, -0.2) is 41.7 Å². The average molecular weight is 475 g/mol. The number of carbonyl (C=O) groups is 3. The Balaban J connectivity index is 1.75. The van der Waals surface area contributed by atoms with Gasteiger partial charge in [-0.1, -0.05) is 29.3 Å². The Bertz CT molecular complexity index is 1080. The zero-order valence-corrected chi connectivity index (χ0v) is 19.7. The normalized spacial score (nSPS) is 14.9. The molecule has 0 saturated carbocycles. The van der Waals surface area contributed by atoms with Crippen LogP contribution < -0.4 is 14.8 Å². The number of imide groups is 1. The van der Waals surface area contributed by atoms with Gasteiger partial charge in [-0.15, -0.1) is 0 Å². The molecule has 0 unspecified atom stereocenters. The molecule has 2 aromatic carbocycles. The summed E-state index contributed by atoms with van der Waals surface area (Å²) >= 11 is 7.10. The van der Waals surface area contributed by atoms with Gasteiger partial charge in [-0.2, -0.15) is 0 Å². The standard InChI is InChI=1S/C23H23ClN2O5S/c1-13(2)31-21-17(24)9-15(10-18(21)30-4)11-19-22(28)26(23(29)32-19)12-20(27)25-16-7-5-14(3)6-8-16/h5-11,13H,12H2,1-4H3,(H,25,27)/b19-11-. The lowest BCUT2D eigenvalue weighted by molar-refractivity contribution is -0.127. The van der Waals surface area contributed by atoms with E-state index >= 15 is 0 Å². The minimum atomic E-state index is -0.545. The van der Waals surface area contributed by atoms with Crippen LogP contribution in [0.5, 0.6) is 11.5 Å². The number of nitrogens with one attached hydrogen (secondary N) is 1. The third-order valence-corrected chi connectivity index (χ3v) is 5.60. The number of carbonyl (C=O) groups excluding carboxylic acids is 3. The molecule has 0 radical (unpaired) electrons. The van der Waals surface area contributed by atoms with Gasteiger partial charge >= 0.3 is 0 Å². The first-order valence-electron chi connectivity index (χ1n) is 9.84. The van der Waals surface area contributed by atoms with Crippen LogP contribution in [0.3, 0.4) is 0 Å². The van der Waals surface area contributed by atoms with Crippen LogP contribution in [-0.2, 0) is 9.59 Å². The molecule has 0 bridgehead atoms. The minimum absolute atomic E-state index is 0.102. The Morgan fingerprint density at radius 1 is 1.22 bits per heavy atom. The Hall–Kier alpha value is -2.97. The van der Waals surface area contributed by atoms with Crippen LogP contribution in [0.25, 0.3) is 6.08 Å². The molecule has 2 aromatic rings. The van der Waals surface area contributed by atoms with E-state index in [1.807, 2.05) is 32.9 Å². The van der Waals surface area contributed by atoms with Crippen LogP contribution in [0, 0.1) is 6.92 Å². The van der Waals surface area contributed by atoms with E-state index in [-0.39, 0.29) is 17.6 Å². The highest BCUT2D eigenvalue weighted by atomic mass is 35.5. The molecular formula is C23H23ClN2O5S. The van der Waals surface area contributed by atoms with Crippen molar-refractivity contribution in [2.75, 3.05) is 19.0 Å². The van der Waals surface area contributed by atoms with Gasteiger partial charge in [0.05, 0.1) is 23.1 Å². The summed E-state index contributed by atoms with van der Waals surface area (Å²) in [6, 6.07) is 10.5. The number of rotatable bonds is 7. The van der Waals surface area contributed by atoms with Crippen molar-refractivity contribution in [1.29, 1.82) is 0 Å². The van der Waals surface area contributed by atoms with Crippen molar-refractivity contribution in [2.45, 2.75) is 26.9 Å². The van der Waals surface area contributed by atoms with Crippen molar-refractivity contribution >= 4 is 52.2 Å². The predicted molar refractivity (Wildman–Crippen MR) is 126 cm³/mol. The molecule has 0 atom stereocenters. The molecule has 168 valence electrons. The quantitative estimate of drug-likeness (QED) is 0.560. The van der Waals surface area contributed by atoms with Crippen molar-refractivity contribution in [3.63, 3.8) is 0 Å². The second kappa shape index (κ2) is 10.1. The van der Waals surface area contributed by atoms with E-state index in [1.165, 1.54) is 13.2 Å².